The number of ether oxygens (including phenoxy) is 1. The zero-order chi connectivity index (χ0) is 25.4. The molecule has 0 unspecified atom stereocenters. The standard InChI is InChI=1S/C16H17NO4S.C9H17NO2/c1-12-7-9-14(10-8-12)22(20,21)17-15(16(18)19)11-13-5-3-2-4-6-13;1-9(2,3)12-8(11)10-6-4-5-7-10/h2-10,15,17H,11H2,1H3,(H,18,19);4-7H2,1-3H3/t15-;/m0./s1. The number of carboxylic acids is 1. The van der Waals surface area contributed by atoms with Crippen LogP contribution in [0.2, 0.25) is 0 Å². The average molecular weight is 491 g/mol. The van der Waals surface area contributed by atoms with E-state index in [1.165, 1.54) is 12.1 Å². The first-order valence-electron chi connectivity index (χ1n) is 11.2. The molecule has 0 bridgehead atoms. The molecule has 34 heavy (non-hydrogen) atoms. The van der Waals surface area contributed by atoms with Crippen molar-refractivity contribution in [2.45, 2.75) is 63.5 Å². The lowest BCUT2D eigenvalue weighted by molar-refractivity contribution is -0.138. The summed E-state index contributed by atoms with van der Waals surface area (Å²) in [5.41, 5.74) is 1.32. The molecule has 1 saturated heterocycles. The topological polar surface area (TPSA) is 113 Å². The van der Waals surface area contributed by atoms with Gasteiger partial charge in [0.25, 0.3) is 0 Å². The van der Waals surface area contributed by atoms with Gasteiger partial charge in [-0.2, -0.15) is 4.72 Å². The highest BCUT2D eigenvalue weighted by molar-refractivity contribution is 7.89. The lowest BCUT2D eigenvalue weighted by atomic mass is 10.1. The number of amides is 1. The first kappa shape index (κ1) is 27.3. The monoisotopic (exact) mass is 490 g/mol. The van der Waals surface area contributed by atoms with Gasteiger partial charge < -0.3 is 14.7 Å². The van der Waals surface area contributed by atoms with Crippen molar-refractivity contribution in [2.24, 2.45) is 0 Å². The fraction of sp³-hybridized carbons (Fsp3) is 0.440. The third-order valence-corrected chi connectivity index (χ3v) is 6.45. The van der Waals surface area contributed by atoms with Gasteiger partial charge in [0.2, 0.25) is 10.0 Å². The molecule has 0 spiro atoms. The Morgan fingerprint density at radius 3 is 2.09 bits per heavy atom. The predicted octanol–water partition coefficient (Wildman–Crippen LogP) is 3.99. The summed E-state index contributed by atoms with van der Waals surface area (Å²) in [7, 11) is -3.87. The maximum absolute atomic E-state index is 12.3. The van der Waals surface area contributed by atoms with Crippen molar-refractivity contribution in [1.29, 1.82) is 0 Å². The number of nitrogens with one attached hydrogen (secondary N) is 1. The number of likely N-dealkylation sites (tertiary alicyclic amines) is 1. The van der Waals surface area contributed by atoms with E-state index in [2.05, 4.69) is 4.72 Å². The summed E-state index contributed by atoms with van der Waals surface area (Å²) in [6.45, 7) is 9.23. The molecule has 8 nitrogen and oxygen atoms in total. The number of carbonyl (C=O) groups is 2. The van der Waals surface area contributed by atoms with E-state index in [4.69, 9.17) is 4.74 Å². The summed E-state index contributed by atoms with van der Waals surface area (Å²) < 4.78 is 32.0. The lowest BCUT2D eigenvalue weighted by Gasteiger charge is -2.23. The minimum Gasteiger partial charge on any atom is -0.480 e. The van der Waals surface area contributed by atoms with Crippen molar-refractivity contribution in [3.05, 3.63) is 65.7 Å². The average Bonchev–Trinajstić information content (AvgIpc) is 3.29. The van der Waals surface area contributed by atoms with Crippen molar-refractivity contribution < 1.29 is 27.9 Å². The van der Waals surface area contributed by atoms with Crippen LogP contribution in [0, 0.1) is 6.92 Å². The molecule has 0 radical (unpaired) electrons. The van der Waals surface area contributed by atoms with Crippen molar-refractivity contribution in [2.75, 3.05) is 13.1 Å². The van der Waals surface area contributed by atoms with Crippen LogP contribution in [0.1, 0.15) is 44.7 Å². The number of aliphatic carboxylic acids is 1. The van der Waals surface area contributed by atoms with E-state index in [0.717, 1.165) is 37.1 Å². The quantitative estimate of drug-likeness (QED) is 0.633. The summed E-state index contributed by atoms with van der Waals surface area (Å²) in [5, 5.41) is 9.26. The Balaban J connectivity index is 0.000000287. The first-order chi connectivity index (χ1) is 15.9. The zero-order valence-corrected chi connectivity index (χ0v) is 21.0. The molecule has 1 aliphatic heterocycles. The molecule has 1 amide bonds. The number of rotatable bonds is 6. The number of hydrogen-bond donors (Lipinski definition) is 2. The maximum Gasteiger partial charge on any atom is 0.410 e. The van der Waals surface area contributed by atoms with E-state index in [9.17, 15) is 23.1 Å². The first-order valence-corrected chi connectivity index (χ1v) is 12.7. The molecule has 1 atom stereocenters. The van der Waals surface area contributed by atoms with E-state index >= 15 is 0 Å². The fourth-order valence-electron chi connectivity index (χ4n) is 3.23. The minimum atomic E-state index is -3.87. The SMILES string of the molecule is CC(C)(C)OC(=O)N1CCCC1.Cc1ccc(S(=O)(=O)N[C@@H](Cc2ccccc2)C(=O)O)cc1. The van der Waals surface area contributed by atoms with E-state index in [-0.39, 0.29) is 23.0 Å². The molecule has 186 valence electrons. The number of benzene rings is 2. The molecule has 2 N–H and O–H groups in total. The van der Waals surface area contributed by atoms with Crippen LogP contribution in [0.15, 0.2) is 59.5 Å². The van der Waals surface area contributed by atoms with Gasteiger partial charge >= 0.3 is 12.1 Å². The van der Waals surface area contributed by atoms with E-state index in [1.807, 2.05) is 33.8 Å². The third-order valence-electron chi connectivity index (χ3n) is 4.97. The van der Waals surface area contributed by atoms with Crippen LogP contribution < -0.4 is 4.72 Å². The Morgan fingerprint density at radius 2 is 1.59 bits per heavy atom. The lowest BCUT2D eigenvalue weighted by Crippen LogP contribution is -2.42. The van der Waals surface area contributed by atoms with Crippen LogP contribution in [-0.4, -0.2) is 55.2 Å². The van der Waals surface area contributed by atoms with Gasteiger partial charge in [-0.05, 0) is 64.7 Å². The fourth-order valence-corrected chi connectivity index (χ4v) is 4.42. The van der Waals surface area contributed by atoms with Crippen LogP contribution in [0.25, 0.3) is 0 Å². The summed E-state index contributed by atoms with van der Waals surface area (Å²) in [5.74, 6) is -1.21. The maximum atomic E-state index is 12.3. The number of sulfonamides is 1. The summed E-state index contributed by atoms with van der Waals surface area (Å²) in [6.07, 6.45) is 2.14. The molecule has 1 fully saturated rings. The highest BCUT2D eigenvalue weighted by Crippen LogP contribution is 2.14. The molecule has 0 aromatic heterocycles. The van der Waals surface area contributed by atoms with Crippen LogP contribution in [0.4, 0.5) is 4.79 Å². The second-order valence-corrected chi connectivity index (χ2v) is 10.9. The molecular formula is C25H34N2O6S. The van der Waals surface area contributed by atoms with Crippen molar-refractivity contribution >= 4 is 22.1 Å². The predicted molar refractivity (Wildman–Crippen MR) is 130 cm³/mol. The van der Waals surface area contributed by atoms with E-state index in [1.54, 1.807) is 41.3 Å². The number of aryl methyl sites for hydroxylation is 1. The molecule has 0 aliphatic carbocycles. The van der Waals surface area contributed by atoms with Crippen LogP contribution in [0.5, 0.6) is 0 Å². The van der Waals surface area contributed by atoms with Gasteiger partial charge in [0.15, 0.2) is 0 Å². The highest BCUT2D eigenvalue weighted by atomic mass is 32.2. The summed E-state index contributed by atoms with van der Waals surface area (Å²) in [6, 6.07) is 13.9. The van der Waals surface area contributed by atoms with E-state index < -0.39 is 22.0 Å². The number of nitrogens with zero attached hydrogens (tertiary/aromatic N) is 1. The van der Waals surface area contributed by atoms with Crippen LogP contribution in [0.3, 0.4) is 0 Å². The summed E-state index contributed by atoms with van der Waals surface area (Å²) >= 11 is 0. The molecule has 1 heterocycles. The van der Waals surface area contributed by atoms with Gasteiger partial charge in [0, 0.05) is 13.1 Å². The second-order valence-electron chi connectivity index (χ2n) is 9.19. The van der Waals surface area contributed by atoms with Gasteiger partial charge in [0.05, 0.1) is 4.90 Å². The Kier molecular flexibility index (Phi) is 9.64. The Hall–Kier alpha value is -2.91. The Labute approximate surface area is 202 Å². The summed E-state index contributed by atoms with van der Waals surface area (Å²) in [4.78, 5) is 24.5. The Bertz CT molecular complexity index is 1040. The van der Waals surface area contributed by atoms with Crippen LogP contribution >= 0.6 is 0 Å². The highest BCUT2D eigenvalue weighted by Gasteiger charge is 2.26. The van der Waals surface area contributed by atoms with Gasteiger partial charge in [-0.1, -0.05) is 48.0 Å². The molecule has 2 aromatic rings. The molecule has 1 aliphatic rings. The van der Waals surface area contributed by atoms with Gasteiger partial charge in [0.1, 0.15) is 11.6 Å². The molecule has 9 heteroatoms. The van der Waals surface area contributed by atoms with Gasteiger partial charge in [-0.3, -0.25) is 4.79 Å². The molecule has 0 saturated carbocycles. The minimum absolute atomic E-state index is 0.0532. The van der Waals surface area contributed by atoms with Crippen molar-refractivity contribution in [3.63, 3.8) is 0 Å². The number of hydrogen-bond acceptors (Lipinski definition) is 5. The largest absolute Gasteiger partial charge is 0.480 e. The smallest absolute Gasteiger partial charge is 0.410 e. The Morgan fingerprint density at radius 1 is 1.03 bits per heavy atom. The van der Waals surface area contributed by atoms with E-state index in [0.29, 0.717) is 0 Å². The zero-order valence-electron chi connectivity index (χ0n) is 20.2. The van der Waals surface area contributed by atoms with Crippen molar-refractivity contribution in [3.8, 4) is 0 Å². The second kappa shape index (κ2) is 12.0. The van der Waals surface area contributed by atoms with Gasteiger partial charge in [-0.25, -0.2) is 13.2 Å². The molecule has 2 aromatic carbocycles. The molecular weight excluding hydrogens is 456 g/mol. The van der Waals surface area contributed by atoms with Gasteiger partial charge in [-0.15, -0.1) is 0 Å². The normalized spacial score (nSPS) is 14.6. The number of carboxylic acid groups (broad SMARTS) is 1. The van der Waals surface area contributed by atoms with Crippen LogP contribution in [-0.2, 0) is 26.0 Å². The number of carbonyl (C=O) groups excluding carboxylic acids is 1. The van der Waals surface area contributed by atoms with Crippen molar-refractivity contribution in [1.82, 2.24) is 9.62 Å². The third kappa shape index (κ3) is 9.15. The molecule has 3 rings (SSSR count).